The first-order chi connectivity index (χ1) is 14.6. The summed E-state index contributed by atoms with van der Waals surface area (Å²) >= 11 is 0. The first kappa shape index (κ1) is 18.2. The predicted octanol–water partition coefficient (Wildman–Crippen LogP) is 3.69. The van der Waals surface area contributed by atoms with Crippen molar-refractivity contribution in [3.05, 3.63) is 72.6 Å². The Morgan fingerprint density at radius 2 is 1.93 bits per heavy atom. The van der Waals surface area contributed by atoms with E-state index in [2.05, 4.69) is 40.8 Å². The molecule has 0 saturated carbocycles. The maximum atomic E-state index is 10.2. The van der Waals surface area contributed by atoms with Gasteiger partial charge in [0, 0.05) is 11.6 Å². The van der Waals surface area contributed by atoms with E-state index in [1.54, 1.807) is 18.2 Å². The van der Waals surface area contributed by atoms with Crippen LogP contribution in [0.4, 0.5) is 5.82 Å². The van der Waals surface area contributed by atoms with Gasteiger partial charge in [0.25, 0.3) is 0 Å². The van der Waals surface area contributed by atoms with Crippen molar-refractivity contribution in [1.29, 1.82) is 0 Å². The first-order valence-electron chi connectivity index (χ1n) is 9.77. The van der Waals surface area contributed by atoms with Crippen LogP contribution in [0.3, 0.4) is 0 Å². The van der Waals surface area contributed by atoms with Crippen LogP contribution in [-0.4, -0.2) is 31.5 Å². The van der Waals surface area contributed by atoms with Gasteiger partial charge in [-0.05, 0) is 36.1 Å². The molecule has 2 aromatic carbocycles. The largest absolute Gasteiger partial charge is 0.508 e. The third-order valence-electron chi connectivity index (χ3n) is 5.43. The molecule has 2 heterocycles. The molecule has 0 fully saturated rings. The molecule has 4 aromatic rings. The smallest absolute Gasteiger partial charge is 0.164 e. The van der Waals surface area contributed by atoms with Crippen molar-refractivity contribution in [1.82, 2.24) is 19.7 Å². The molecule has 1 aliphatic carbocycles. The number of fused-ring (bicyclic) bond motifs is 2. The Morgan fingerprint density at radius 3 is 2.67 bits per heavy atom. The number of phenols is 1. The van der Waals surface area contributed by atoms with Gasteiger partial charge < -0.3 is 15.6 Å². The number of ether oxygens (including phenoxy) is 1. The molecular weight excluding hydrogens is 378 g/mol. The molecule has 3 N–H and O–H groups in total. The topological polar surface area (TPSA) is 99.1 Å². The van der Waals surface area contributed by atoms with E-state index in [0.29, 0.717) is 40.5 Å². The van der Waals surface area contributed by atoms with Gasteiger partial charge >= 0.3 is 0 Å². The van der Waals surface area contributed by atoms with Crippen molar-refractivity contribution in [3.63, 3.8) is 0 Å². The standard InChI is InChI=1S/C23H21N5O2/c1-2-7-30-19-11-16(10-18(29)12-19)21-20-22(24)25-13-26-23(20)28(27-21)17-8-14-5-3-4-6-15(14)9-17/h2-6,10-13,17,29H,1,7-9H2,(H2,24,25,26). The van der Waals surface area contributed by atoms with E-state index < -0.39 is 0 Å². The second-order valence-corrected chi connectivity index (χ2v) is 7.40. The molecule has 0 aliphatic heterocycles. The molecule has 0 spiro atoms. The zero-order valence-electron chi connectivity index (χ0n) is 16.3. The number of aromatic hydroxyl groups is 1. The number of phenolic OH excluding ortho intramolecular Hbond substituents is 1. The Morgan fingerprint density at radius 1 is 1.17 bits per heavy atom. The fraction of sp³-hybridized carbons (Fsp3) is 0.174. The molecule has 1 aliphatic rings. The van der Waals surface area contributed by atoms with Crippen LogP contribution in [0.5, 0.6) is 11.5 Å². The normalized spacial score (nSPS) is 13.5. The van der Waals surface area contributed by atoms with Crippen molar-refractivity contribution >= 4 is 16.9 Å². The van der Waals surface area contributed by atoms with Gasteiger partial charge in [-0.25, -0.2) is 14.6 Å². The Hall–Kier alpha value is -3.87. The summed E-state index contributed by atoms with van der Waals surface area (Å²) in [6, 6.07) is 13.6. The highest BCUT2D eigenvalue weighted by molar-refractivity contribution is 5.98. The molecule has 7 heteroatoms. The molecule has 2 aromatic heterocycles. The summed E-state index contributed by atoms with van der Waals surface area (Å²) in [5.74, 6) is 0.961. The minimum atomic E-state index is 0.0814. The van der Waals surface area contributed by atoms with Gasteiger partial charge in [0.2, 0.25) is 0 Å². The SMILES string of the molecule is C=CCOc1cc(O)cc(-c2nn(C3Cc4ccccc4C3)c3ncnc(N)c23)c1. The fourth-order valence-electron chi connectivity index (χ4n) is 4.12. The Bertz CT molecular complexity index is 1240. The van der Waals surface area contributed by atoms with Crippen LogP contribution in [0.15, 0.2) is 61.4 Å². The van der Waals surface area contributed by atoms with Gasteiger partial charge in [-0.15, -0.1) is 0 Å². The molecule has 0 saturated heterocycles. The number of nitrogen functional groups attached to an aromatic ring is 1. The highest BCUT2D eigenvalue weighted by Crippen LogP contribution is 2.38. The highest BCUT2D eigenvalue weighted by atomic mass is 16.5. The third kappa shape index (κ3) is 3.04. The van der Waals surface area contributed by atoms with Crippen molar-refractivity contribution in [2.24, 2.45) is 0 Å². The lowest BCUT2D eigenvalue weighted by Gasteiger charge is -2.10. The van der Waals surface area contributed by atoms with Crippen molar-refractivity contribution in [3.8, 4) is 22.8 Å². The van der Waals surface area contributed by atoms with Crippen molar-refractivity contribution < 1.29 is 9.84 Å². The van der Waals surface area contributed by atoms with E-state index in [4.69, 9.17) is 15.6 Å². The molecule has 7 nitrogen and oxygen atoms in total. The fourth-order valence-corrected chi connectivity index (χ4v) is 4.12. The summed E-state index contributed by atoms with van der Waals surface area (Å²) in [7, 11) is 0. The Balaban J connectivity index is 1.64. The lowest BCUT2D eigenvalue weighted by Crippen LogP contribution is -2.11. The molecule has 0 atom stereocenters. The Labute approximate surface area is 173 Å². The molecule has 5 rings (SSSR count). The summed E-state index contributed by atoms with van der Waals surface area (Å²) in [5, 5.41) is 15.8. The average molecular weight is 399 g/mol. The molecule has 30 heavy (non-hydrogen) atoms. The maximum Gasteiger partial charge on any atom is 0.164 e. The van der Waals surface area contributed by atoms with E-state index in [-0.39, 0.29) is 11.8 Å². The first-order valence-corrected chi connectivity index (χ1v) is 9.77. The minimum Gasteiger partial charge on any atom is -0.508 e. The van der Waals surface area contributed by atoms with Gasteiger partial charge in [0.05, 0.1) is 11.4 Å². The van der Waals surface area contributed by atoms with Crippen LogP contribution >= 0.6 is 0 Å². The second kappa shape index (κ2) is 7.18. The van der Waals surface area contributed by atoms with Crippen LogP contribution in [0.2, 0.25) is 0 Å². The van der Waals surface area contributed by atoms with Crippen molar-refractivity contribution in [2.45, 2.75) is 18.9 Å². The number of hydrogen-bond acceptors (Lipinski definition) is 6. The monoisotopic (exact) mass is 399 g/mol. The number of aromatic nitrogens is 4. The molecule has 0 amide bonds. The molecule has 150 valence electrons. The summed E-state index contributed by atoms with van der Waals surface area (Å²) in [6.07, 6.45) is 4.87. The number of anilines is 1. The number of nitrogens with two attached hydrogens (primary N) is 1. The maximum absolute atomic E-state index is 10.2. The van der Waals surface area contributed by atoms with Gasteiger partial charge in [0.1, 0.15) is 35.9 Å². The molecule has 0 unspecified atom stereocenters. The predicted molar refractivity (Wildman–Crippen MR) is 115 cm³/mol. The van der Waals surface area contributed by atoms with E-state index in [1.165, 1.54) is 17.5 Å². The molecule has 0 bridgehead atoms. The van der Waals surface area contributed by atoms with Crippen LogP contribution in [0.25, 0.3) is 22.3 Å². The van der Waals surface area contributed by atoms with E-state index in [0.717, 1.165) is 12.8 Å². The third-order valence-corrected chi connectivity index (χ3v) is 5.43. The lowest BCUT2D eigenvalue weighted by molar-refractivity contribution is 0.360. The second-order valence-electron chi connectivity index (χ2n) is 7.40. The van der Waals surface area contributed by atoms with Gasteiger partial charge in [-0.2, -0.15) is 5.10 Å². The van der Waals surface area contributed by atoms with Crippen LogP contribution in [0.1, 0.15) is 17.2 Å². The van der Waals surface area contributed by atoms with E-state index in [1.807, 2.05) is 10.7 Å². The van der Waals surface area contributed by atoms with Crippen LogP contribution in [0, 0.1) is 0 Å². The lowest BCUT2D eigenvalue weighted by atomic mass is 10.1. The van der Waals surface area contributed by atoms with Crippen LogP contribution in [-0.2, 0) is 12.8 Å². The molecule has 0 radical (unpaired) electrons. The number of rotatable bonds is 5. The van der Waals surface area contributed by atoms with Crippen molar-refractivity contribution in [2.75, 3.05) is 12.3 Å². The summed E-state index contributed by atoms with van der Waals surface area (Å²) in [4.78, 5) is 8.67. The summed E-state index contributed by atoms with van der Waals surface area (Å²) in [6.45, 7) is 4.00. The van der Waals surface area contributed by atoms with Gasteiger partial charge in [-0.3, -0.25) is 0 Å². The molecular formula is C23H21N5O2. The van der Waals surface area contributed by atoms with Crippen LogP contribution < -0.4 is 10.5 Å². The van der Waals surface area contributed by atoms with E-state index >= 15 is 0 Å². The zero-order chi connectivity index (χ0) is 20.7. The highest BCUT2D eigenvalue weighted by Gasteiger charge is 2.27. The number of benzene rings is 2. The summed E-state index contributed by atoms with van der Waals surface area (Å²) in [5.41, 5.74) is 10.9. The number of nitrogens with zero attached hydrogens (tertiary/aromatic N) is 4. The quantitative estimate of drug-likeness (QED) is 0.497. The van der Waals surface area contributed by atoms with Gasteiger partial charge in [-0.1, -0.05) is 36.9 Å². The number of hydrogen-bond donors (Lipinski definition) is 2. The summed E-state index contributed by atoms with van der Waals surface area (Å²) < 4.78 is 7.56. The Kier molecular flexibility index (Phi) is 4.35. The van der Waals surface area contributed by atoms with E-state index in [9.17, 15) is 5.11 Å². The van der Waals surface area contributed by atoms with Gasteiger partial charge in [0.15, 0.2) is 5.65 Å². The average Bonchev–Trinajstić information content (AvgIpc) is 3.34. The zero-order valence-corrected chi connectivity index (χ0v) is 16.3. The minimum absolute atomic E-state index is 0.0814.